The number of amides is 1. The van der Waals surface area contributed by atoms with E-state index >= 15 is 0 Å². The van der Waals surface area contributed by atoms with Crippen molar-refractivity contribution in [3.8, 4) is 5.75 Å². The second-order valence-corrected chi connectivity index (χ2v) is 4.50. The molecule has 0 aliphatic carbocycles. The molecule has 0 heterocycles. The Kier molecular flexibility index (Phi) is 5.99. The largest absolute Gasteiger partial charge is 0.483 e. The average Bonchev–Trinajstić information content (AvgIpc) is 2.37. The summed E-state index contributed by atoms with van der Waals surface area (Å²) in [6.07, 6.45) is 0. The molecule has 0 aromatic heterocycles. The first-order valence-electron chi connectivity index (χ1n) is 6.19. The first-order valence-corrected chi connectivity index (χ1v) is 6.19. The van der Waals surface area contributed by atoms with Crippen molar-refractivity contribution >= 4 is 11.9 Å². The molecule has 1 aromatic carbocycles. The molecule has 6 nitrogen and oxygen atoms in total. The van der Waals surface area contributed by atoms with Gasteiger partial charge in [0.25, 0.3) is 5.91 Å². The normalized spacial score (nSPS) is 11.8. The smallest absolute Gasteiger partial charge is 0.335 e. The lowest BCUT2D eigenvalue weighted by molar-refractivity contribution is -0.124. The van der Waals surface area contributed by atoms with Crippen molar-refractivity contribution in [1.29, 1.82) is 0 Å². The number of aryl methyl sites for hydroxylation is 1. The zero-order chi connectivity index (χ0) is 15.1. The van der Waals surface area contributed by atoms with Gasteiger partial charge in [-0.2, -0.15) is 0 Å². The van der Waals surface area contributed by atoms with Crippen LogP contribution in [0.2, 0.25) is 0 Å². The lowest BCUT2D eigenvalue weighted by Gasteiger charge is -2.14. The van der Waals surface area contributed by atoms with Crippen LogP contribution in [0.5, 0.6) is 5.75 Å². The van der Waals surface area contributed by atoms with Crippen molar-refractivity contribution in [1.82, 2.24) is 5.32 Å². The zero-order valence-electron chi connectivity index (χ0n) is 11.8. The van der Waals surface area contributed by atoms with E-state index in [-0.39, 0.29) is 24.1 Å². The van der Waals surface area contributed by atoms with Crippen LogP contribution in [0.25, 0.3) is 0 Å². The second-order valence-electron chi connectivity index (χ2n) is 4.50. The third kappa shape index (κ3) is 4.89. The molecular weight excluding hydrogens is 262 g/mol. The van der Waals surface area contributed by atoms with Crippen molar-refractivity contribution < 1.29 is 24.2 Å². The van der Waals surface area contributed by atoms with E-state index in [4.69, 9.17) is 14.6 Å². The Balaban J connectivity index is 2.59. The maximum absolute atomic E-state index is 11.6. The van der Waals surface area contributed by atoms with E-state index in [0.717, 1.165) is 5.56 Å². The number of carboxylic acid groups (broad SMARTS) is 1. The summed E-state index contributed by atoms with van der Waals surface area (Å²) in [5, 5.41) is 11.6. The fraction of sp³-hybridized carbons (Fsp3) is 0.429. The minimum Gasteiger partial charge on any atom is -0.483 e. The summed E-state index contributed by atoms with van der Waals surface area (Å²) < 4.78 is 10.3. The lowest BCUT2D eigenvalue weighted by atomic mass is 10.1. The number of carbonyl (C=O) groups excluding carboxylic acids is 1. The molecule has 0 bridgehead atoms. The van der Waals surface area contributed by atoms with Crippen molar-refractivity contribution in [2.75, 3.05) is 20.3 Å². The number of carbonyl (C=O) groups is 2. The third-order valence-corrected chi connectivity index (χ3v) is 2.62. The molecule has 1 amide bonds. The summed E-state index contributed by atoms with van der Waals surface area (Å²) in [6.45, 7) is 3.85. The molecule has 0 aliphatic rings. The van der Waals surface area contributed by atoms with Crippen molar-refractivity contribution in [2.45, 2.75) is 19.9 Å². The van der Waals surface area contributed by atoms with E-state index in [2.05, 4.69) is 5.32 Å². The summed E-state index contributed by atoms with van der Waals surface area (Å²) in [7, 11) is 1.56. The van der Waals surface area contributed by atoms with Gasteiger partial charge in [-0.05, 0) is 31.5 Å². The monoisotopic (exact) mass is 281 g/mol. The molecule has 0 fully saturated rings. The number of hydrogen-bond acceptors (Lipinski definition) is 4. The van der Waals surface area contributed by atoms with E-state index in [9.17, 15) is 9.59 Å². The number of benzene rings is 1. The fourth-order valence-corrected chi connectivity index (χ4v) is 1.64. The van der Waals surface area contributed by atoms with Crippen LogP contribution < -0.4 is 10.1 Å². The van der Waals surface area contributed by atoms with E-state index in [1.807, 2.05) is 6.92 Å². The summed E-state index contributed by atoms with van der Waals surface area (Å²) >= 11 is 0. The van der Waals surface area contributed by atoms with Gasteiger partial charge in [0.05, 0.1) is 12.2 Å². The van der Waals surface area contributed by atoms with Gasteiger partial charge in [-0.25, -0.2) is 4.79 Å². The Labute approximate surface area is 117 Å². The molecular formula is C14H19NO5. The maximum Gasteiger partial charge on any atom is 0.335 e. The first-order chi connectivity index (χ1) is 9.43. The highest BCUT2D eigenvalue weighted by molar-refractivity contribution is 5.88. The van der Waals surface area contributed by atoms with Crippen LogP contribution in [-0.4, -0.2) is 43.3 Å². The van der Waals surface area contributed by atoms with Gasteiger partial charge in [-0.3, -0.25) is 4.79 Å². The molecule has 1 rings (SSSR count). The summed E-state index contributed by atoms with van der Waals surface area (Å²) in [4.78, 5) is 22.5. The molecule has 0 radical (unpaired) electrons. The molecule has 1 aromatic rings. The van der Waals surface area contributed by atoms with Crippen LogP contribution in [0.15, 0.2) is 18.2 Å². The van der Waals surface area contributed by atoms with Gasteiger partial charge < -0.3 is 19.9 Å². The Hall–Kier alpha value is -2.08. The Morgan fingerprint density at radius 1 is 1.40 bits per heavy atom. The molecule has 110 valence electrons. The molecule has 0 saturated heterocycles. The Bertz CT molecular complexity index is 486. The predicted octanol–water partition coefficient (Wildman–Crippen LogP) is 1.22. The van der Waals surface area contributed by atoms with Crippen LogP contribution in [0.1, 0.15) is 22.8 Å². The van der Waals surface area contributed by atoms with Gasteiger partial charge in [0.15, 0.2) is 6.61 Å². The van der Waals surface area contributed by atoms with E-state index in [1.165, 1.54) is 12.1 Å². The summed E-state index contributed by atoms with van der Waals surface area (Å²) in [6, 6.07) is 4.43. The highest BCUT2D eigenvalue weighted by Gasteiger charge is 2.10. The Morgan fingerprint density at radius 2 is 2.10 bits per heavy atom. The predicted molar refractivity (Wildman–Crippen MR) is 73.1 cm³/mol. The number of nitrogens with one attached hydrogen (secondary N) is 1. The topological polar surface area (TPSA) is 84.9 Å². The highest BCUT2D eigenvalue weighted by Crippen LogP contribution is 2.19. The maximum atomic E-state index is 11.6. The van der Waals surface area contributed by atoms with E-state index in [0.29, 0.717) is 12.4 Å². The van der Waals surface area contributed by atoms with Gasteiger partial charge in [0.1, 0.15) is 5.75 Å². The second kappa shape index (κ2) is 7.49. The van der Waals surface area contributed by atoms with Crippen LogP contribution in [-0.2, 0) is 9.53 Å². The minimum absolute atomic E-state index is 0.109. The van der Waals surface area contributed by atoms with Gasteiger partial charge in [0, 0.05) is 13.2 Å². The number of rotatable bonds is 7. The van der Waals surface area contributed by atoms with E-state index < -0.39 is 5.97 Å². The number of hydrogen-bond donors (Lipinski definition) is 2. The number of ether oxygens (including phenoxy) is 2. The fourth-order valence-electron chi connectivity index (χ4n) is 1.64. The van der Waals surface area contributed by atoms with Gasteiger partial charge in [-0.15, -0.1) is 0 Å². The molecule has 0 aliphatic heterocycles. The van der Waals surface area contributed by atoms with Crippen LogP contribution in [0.4, 0.5) is 0 Å². The lowest BCUT2D eigenvalue weighted by Crippen LogP contribution is -2.38. The zero-order valence-corrected chi connectivity index (χ0v) is 11.8. The SMILES string of the molecule is COC[C@H](C)NC(=O)COc1cc(C(=O)O)ccc1C. The van der Waals surface area contributed by atoms with Crippen LogP contribution in [0.3, 0.4) is 0 Å². The number of aromatic carboxylic acids is 1. The molecule has 1 atom stereocenters. The molecule has 2 N–H and O–H groups in total. The quantitative estimate of drug-likeness (QED) is 0.785. The van der Waals surface area contributed by atoms with E-state index in [1.54, 1.807) is 20.1 Å². The molecule has 0 spiro atoms. The van der Waals surface area contributed by atoms with Gasteiger partial charge >= 0.3 is 5.97 Å². The molecule has 0 unspecified atom stereocenters. The highest BCUT2D eigenvalue weighted by atomic mass is 16.5. The Morgan fingerprint density at radius 3 is 2.70 bits per heavy atom. The molecule has 20 heavy (non-hydrogen) atoms. The van der Waals surface area contributed by atoms with Gasteiger partial charge in [-0.1, -0.05) is 6.07 Å². The molecule has 6 heteroatoms. The van der Waals surface area contributed by atoms with Crippen molar-refractivity contribution in [3.63, 3.8) is 0 Å². The third-order valence-electron chi connectivity index (χ3n) is 2.62. The molecule has 0 saturated carbocycles. The summed E-state index contributed by atoms with van der Waals surface area (Å²) in [5.74, 6) is -0.929. The van der Waals surface area contributed by atoms with Crippen LogP contribution >= 0.6 is 0 Å². The standard InChI is InChI=1S/C14H19NO5/c1-9-4-5-11(14(17)18)6-12(9)20-8-13(16)15-10(2)7-19-3/h4-6,10H,7-8H2,1-3H3,(H,15,16)(H,17,18)/t10-/m0/s1. The van der Waals surface area contributed by atoms with Crippen LogP contribution in [0, 0.1) is 6.92 Å². The minimum atomic E-state index is -1.03. The van der Waals surface area contributed by atoms with Gasteiger partial charge in [0.2, 0.25) is 0 Å². The average molecular weight is 281 g/mol. The summed E-state index contributed by atoms with van der Waals surface area (Å²) in [5.41, 5.74) is 0.895. The number of carboxylic acids is 1. The van der Waals surface area contributed by atoms with Crippen molar-refractivity contribution in [3.05, 3.63) is 29.3 Å². The van der Waals surface area contributed by atoms with Crippen molar-refractivity contribution in [2.24, 2.45) is 0 Å². The first kappa shape index (κ1) is 16.0. The number of methoxy groups -OCH3 is 1.